The zero-order valence-corrected chi connectivity index (χ0v) is 11.3. The van der Waals surface area contributed by atoms with Crippen LogP contribution in [0.3, 0.4) is 0 Å². The lowest BCUT2D eigenvalue weighted by Gasteiger charge is -1.98. The molecule has 2 aromatic rings. The predicted molar refractivity (Wildman–Crippen MR) is 75.5 cm³/mol. The summed E-state index contributed by atoms with van der Waals surface area (Å²) in [6.45, 7) is 1.46. The molecule has 5 heteroatoms. The van der Waals surface area contributed by atoms with Crippen molar-refractivity contribution in [2.24, 2.45) is 0 Å². The largest absolute Gasteiger partial charge is 0.325 e. The highest BCUT2D eigenvalue weighted by Gasteiger charge is 2.12. The van der Waals surface area contributed by atoms with Crippen LogP contribution >= 0.6 is 23.1 Å². The monoisotopic (exact) mass is 274 g/mol. The van der Waals surface area contributed by atoms with Crippen LogP contribution in [0.4, 0.5) is 5.69 Å². The maximum atomic E-state index is 11.1. The van der Waals surface area contributed by atoms with Gasteiger partial charge in [0.15, 0.2) is 0 Å². The van der Waals surface area contributed by atoms with Crippen molar-refractivity contribution in [1.82, 2.24) is 0 Å². The second-order valence-electron chi connectivity index (χ2n) is 3.55. The molecule has 0 unspecified atom stereocenters. The molecule has 1 aromatic carbocycles. The molecular weight excluding hydrogens is 264 g/mol. The van der Waals surface area contributed by atoms with Crippen LogP contribution in [-0.4, -0.2) is 5.91 Å². The van der Waals surface area contributed by atoms with Gasteiger partial charge in [-0.2, -0.15) is 5.26 Å². The van der Waals surface area contributed by atoms with Crippen molar-refractivity contribution in [3.8, 4) is 15.8 Å². The fraction of sp³-hybridized carbons (Fsp3) is 0.0769. The highest BCUT2D eigenvalue weighted by Crippen LogP contribution is 2.40. The minimum atomic E-state index is -0.132. The van der Waals surface area contributed by atoms with Gasteiger partial charge in [0.25, 0.3) is 0 Å². The molecule has 0 saturated carbocycles. The van der Waals surface area contributed by atoms with E-state index >= 15 is 0 Å². The predicted octanol–water partition coefficient (Wildman–Crippen LogP) is 3.95. The summed E-state index contributed by atoms with van der Waals surface area (Å²) in [5, 5.41) is 13.6. The number of rotatable bonds is 3. The van der Waals surface area contributed by atoms with Crippen LogP contribution in [0, 0.1) is 10.7 Å². The summed E-state index contributed by atoms with van der Waals surface area (Å²) >= 11 is 2.57. The molecule has 0 fully saturated rings. The molecule has 2 rings (SSSR count). The molecule has 18 heavy (non-hydrogen) atoms. The van der Waals surface area contributed by atoms with Crippen LogP contribution in [0.2, 0.25) is 0 Å². The Balaban J connectivity index is 2.39. The zero-order valence-electron chi connectivity index (χ0n) is 9.64. The van der Waals surface area contributed by atoms with E-state index in [9.17, 15) is 4.79 Å². The Morgan fingerprint density at radius 1 is 1.39 bits per heavy atom. The van der Waals surface area contributed by atoms with E-state index in [0.717, 1.165) is 26.4 Å². The molecule has 1 N–H and O–H groups in total. The molecule has 0 saturated heterocycles. The Hall–Kier alpha value is -1.77. The number of thioether (sulfide) groups is 1. The standard InChI is InChI=1S/C13H10N2OS2/c1-9(16)15-11-7-12(18-13(11)17-8-14)10-5-3-2-4-6-10/h2-7H,1H3,(H,15,16). The van der Waals surface area contributed by atoms with Gasteiger partial charge >= 0.3 is 0 Å². The summed E-state index contributed by atoms with van der Waals surface area (Å²) < 4.78 is 0.812. The lowest BCUT2D eigenvalue weighted by Crippen LogP contribution is -2.05. The van der Waals surface area contributed by atoms with Crippen LogP contribution in [0.15, 0.2) is 40.6 Å². The van der Waals surface area contributed by atoms with Gasteiger partial charge in [0.05, 0.1) is 9.90 Å². The average Bonchev–Trinajstić information content (AvgIpc) is 2.73. The van der Waals surface area contributed by atoms with Gasteiger partial charge in [-0.1, -0.05) is 30.3 Å². The minimum absolute atomic E-state index is 0.132. The summed E-state index contributed by atoms with van der Waals surface area (Å²) in [6.07, 6.45) is 0. The molecule has 90 valence electrons. The van der Waals surface area contributed by atoms with E-state index in [1.807, 2.05) is 41.8 Å². The Bertz CT molecular complexity index is 599. The zero-order chi connectivity index (χ0) is 13.0. The van der Waals surface area contributed by atoms with Crippen molar-refractivity contribution in [1.29, 1.82) is 5.26 Å². The third-order valence-corrected chi connectivity index (χ3v) is 4.18. The molecule has 0 spiro atoms. The van der Waals surface area contributed by atoms with E-state index in [1.165, 1.54) is 18.3 Å². The highest BCUT2D eigenvalue weighted by molar-refractivity contribution is 8.05. The number of amides is 1. The molecule has 1 aromatic heterocycles. The molecule has 3 nitrogen and oxygen atoms in total. The number of nitriles is 1. The van der Waals surface area contributed by atoms with Crippen LogP contribution in [0.1, 0.15) is 6.92 Å². The number of carbonyl (C=O) groups is 1. The molecule has 0 radical (unpaired) electrons. The quantitative estimate of drug-likeness (QED) is 0.681. The molecule has 0 aliphatic rings. The van der Waals surface area contributed by atoms with Gasteiger partial charge in [-0.15, -0.1) is 11.3 Å². The van der Waals surface area contributed by atoms with Gasteiger partial charge in [-0.05, 0) is 11.6 Å². The van der Waals surface area contributed by atoms with Crippen molar-refractivity contribution in [2.75, 3.05) is 5.32 Å². The van der Waals surface area contributed by atoms with Crippen molar-refractivity contribution < 1.29 is 4.79 Å². The Labute approximate surface area is 113 Å². The number of thiophene rings is 1. The number of carbonyl (C=O) groups excluding carboxylic acids is 1. The first-order valence-corrected chi connectivity index (χ1v) is 6.87. The number of hydrogen-bond donors (Lipinski definition) is 1. The first-order valence-electron chi connectivity index (χ1n) is 5.23. The first-order chi connectivity index (χ1) is 8.70. The van der Waals surface area contributed by atoms with Crippen molar-refractivity contribution in [3.05, 3.63) is 36.4 Å². The molecule has 0 bridgehead atoms. The normalized spacial score (nSPS) is 9.78. The minimum Gasteiger partial charge on any atom is -0.325 e. The molecule has 1 heterocycles. The average molecular weight is 274 g/mol. The van der Waals surface area contributed by atoms with Crippen LogP contribution in [0.25, 0.3) is 10.4 Å². The Morgan fingerprint density at radius 3 is 2.72 bits per heavy atom. The Kier molecular flexibility index (Phi) is 4.03. The SMILES string of the molecule is CC(=O)Nc1cc(-c2ccccc2)sc1SC#N. The molecule has 0 aliphatic heterocycles. The number of hydrogen-bond acceptors (Lipinski definition) is 4. The fourth-order valence-electron chi connectivity index (χ4n) is 1.51. The van der Waals surface area contributed by atoms with E-state index in [2.05, 4.69) is 5.32 Å². The van der Waals surface area contributed by atoms with Gasteiger partial charge in [0.1, 0.15) is 5.40 Å². The summed E-state index contributed by atoms with van der Waals surface area (Å²) in [5.41, 5.74) is 1.79. The maximum Gasteiger partial charge on any atom is 0.221 e. The van der Waals surface area contributed by atoms with Crippen molar-refractivity contribution in [2.45, 2.75) is 11.1 Å². The molecule has 1 amide bonds. The highest BCUT2D eigenvalue weighted by atomic mass is 32.2. The second-order valence-corrected chi connectivity index (χ2v) is 5.66. The molecule has 0 aliphatic carbocycles. The lowest BCUT2D eigenvalue weighted by molar-refractivity contribution is -0.114. The van der Waals surface area contributed by atoms with Gasteiger partial charge in [0, 0.05) is 23.6 Å². The summed E-state index contributed by atoms with van der Waals surface area (Å²) in [4.78, 5) is 12.2. The third-order valence-electron chi connectivity index (χ3n) is 2.21. The molecular formula is C13H10N2OS2. The smallest absolute Gasteiger partial charge is 0.221 e. The first kappa shape index (κ1) is 12.7. The van der Waals surface area contributed by atoms with Crippen molar-refractivity contribution in [3.63, 3.8) is 0 Å². The Morgan fingerprint density at radius 2 is 2.11 bits per heavy atom. The van der Waals surface area contributed by atoms with Gasteiger partial charge in [-0.25, -0.2) is 0 Å². The van der Waals surface area contributed by atoms with Crippen LogP contribution in [0.5, 0.6) is 0 Å². The fourth-order valence-corrected chi connectivity index (χ4v) is 3.21. The van der Waals surface area contributed by atoms with E-state index in [0.29, 0.717) is 5.69 Å². The van der Waals surface area contributed by atoms with E-state index in [4.69, 9.17) is 5.26 Å². The summed E-state index contributed by atoms with van der Waals surface area (Å²) in [5.74, 6) is -0.132. The van der Waals surface area contributed by atoms with Crippen molar-refractivity contribution >= 4 is 34.7 Å². The second kappa shape index (κ2) is 5.71. The number of thiocyanates is 1. The maximum absolute atomic E-state index is 11.1. The van der Waals surface area contributed by atoms with Crippen LogP contribution < -0.4 is 5.32 Å². The topological polar surface area (TPSA) is 52.9 Å². The van der Waals surface area contributed by atoms with E-state index in [1.54, 1.807) is 0 Å². The number of nitrogens with one attached hydrogen (secondary N) is 1. The number of nitrogens with zero attached hydrogens (tertiary/aromatic N) is 1. The lowest BCUT2D eigenvalue weighted by atomic mass is 10.2. The number of anilines is 1. The third kappa shape index (κ3) is 2.92. The molecule has 0 atom stereocenters. The van der Waals surface area contributed by atoms with Gasteiger partial charge in [0.2, 0.25) is 5.91 Å². The summed E-state index contributed by atoms with van der Waals surface area (Å²) in [6, 6.07) is 11.8. The van der Waals surface area contributed by atoms with Gasteiger partial charge in [-0.3, -0.25) is 4.79 Å². The van der Waals surface area contributed by atoms with Gasteiger partial charge < -0.3 is 5.32 Å². The summed E-state index contributed by atoms with van der Waals surface area (Å²) in [7, 11) is 0. The van der Waals surface area contributed by atoms with E-state index < -0.39 is 0 Å². The number of benzene rings is 1. The van der Waals surface area contributed by atoms with Crippen LogP contribution in [-0.2, 0) is 4.79 Å². The van der Waals surface area contributed by atoms with E-state index in [-0.39, 0.29) is 5.91 Å².